The highest BCUT2D eigenvalue weighted by Crippen LogP contribution is 2.35. The lowest BCUT2D eigenvalue weighted by Gasteiger charge is -2.09. The van der Waals surface area contributed by atoms with Gasteiger partial charge in [-0.05, 0) is 36.8 Å². The Morgan fingerprint density at radius 1 is 1.07 bits per heavy atom. The molecule has 0 radical (unpaired) electrons. The minimum absolute atomic E-state index is 0.251. The average molecular weight is 426 g/mol. The van der Waals surface area contributed by atoms with E-state index in [1.165, 1.54) is 11.3 Å². The number of amides is 1. The van der Waals surface area contributed by atoms with E-state index < -0.39 is 5.97 Å². The molecule has 0 aliphatic heterocycles. The van der Waals surface area contributed by atoms with Gasteiger partial charge in [0.15, 0.2) is 0 Å². The number of carbonyl (C=O) groups is 2. The largest absolute Gasteiger partial charge is 0.462 e. The van der Waals surface area contributed by atoms with E-state index >= 15 is 0 Å². The molecule has 6 heteroatoms. The third-order valence-electron chi connectivity index (χ3n) is 3.97. The molecule has 0 fully saturated rings. The van der Waals surface area contributed by atoms with Crippen LogP contribution in [0.1, 0.15) is 40.8 Å². The molecular formula is C23H23NO3S2. The summed E-state index contributed by atoms with van der Waals surface area (Å²) in [4.78, 5) is 27.6. The SMILES string of the molecule is CCOC(=O)c1sc(-c2ccccc2)cc1NC(=O)c1cccc(SC(C)C)c1. The van der Waals surface area contributed by atoms with Gasteiger partial charge in [-0.2, -0.15) is 0 Å². The van der Waals surface area contributed by atoms with Crippen molar-refractivity contribution in [3.63, 3.8) is 0 Å². The van der Waals surface area contributed by atoms with Gasteiger partial charge in [0.25, 0.3) is 5.91 Å². The highest BCUT2D eigenvalue weighted by Gasteiger charge is 2.20. The zero-order valence-corrected chi connectivity index (χ0v) is 18.2. The number of benzene rings is 2. The van der Waals surface area contributed by atoms with Gasteiger partial charge in [-0.3, -0.25) is 4.79 Å². The number of ether oxygens (including phenoxy) is 1. The van der Waals surface area contributed by atoms with Crippen molar-refractivity contribution in [1.82, 2.24) is 0 Å². The zero-order valence-electron chi connectivity index (χ0n) is 16.6. The van der Waals surface area contributed by atoms with Crippen LogP contribution in [-0.2, 0) is 4.74 Å². The summed E-state index contributed by atoms with van der Waals surface area (Å²) in [5.74, 6) is -0.682. The normalized spacial score (nSPS) is 10.8. The summed E-state index contributed by atoms with van der Waals surface area (Å²) in [6, 6.07) is 19.1. The molecule has 1 N–H and O–H groups in total. The number of anilines is 1. The molecule has 0 unspecified atom stereocenters. The number of thiophene rings is 1. The van der Waals surface area contributed by atoms with E-state index in [1.807, 2.05) is 54.6 Å². The van der Waals surface area contributed by atoms with E-state index in [-0.39, 0.29) is 12.5 Å². The van der Waals surface area contributed by atoms with Crippen LogP contribution in [0.5, 0.6) is 0 Å². The van der Waals surface area contributed by atoms with Gasteiger partial charge in [0.05, 0.1) is 12.3 Å². The molecule has 1 amide bonds. The van der Waals surface area contributed by atoms with Crippen molar-refractivity contribution >= 4 is 40.7 Å². The van der Waals surface area contributed by atoms with Crippen LogP contribution < -0.4 is 5.32 Å². The number of hydrogen-bond acceptors (Lipinski definition) is 5. The summed E-state index contributed by atoms with van der Waals surface area (Å²) >= 11 is 3.02. The molecule has 2 aromatic carbocycles. The lowest BCUT2D eigenvalue weighted by atomic mass is 10.2. The van der Waals surface area contributed by atoms with Gasteiger partial charge in [0, 0.05) is 20.6 Å². The minimum atomic E-state index is -0.431. The molecule has 29 heavy (non-hydrogen) atoms. The molecule has 3 rings (SSSR count). The molecule has 0 bridgehead atoms. The van der Waals surface area contributed by atoms with Crippen molar-refractivity contribution in [2.45, 2.75) is 30.9 Å². The van der Waals surface area contributed by atoms with Crippen molar-refractivity contribution in [3.8, 4) is 10.4 Å². The van der Waals surface area contributed by atoms with Gasteiger partial charge in [0.2, 0.25) is 0 Å². The Morgan fingerprint density at radius 2 is 1.83 bits per heavy atom. The Bertz CT molecular complexity index is 996. The highest BCUT2D eigenvalue weighted by molar-refractivity contribution is 7.99. The zero-order chi connectivity index (χ0) is 20.8. The Labute approximate surface area is 179 Å². The second-order valence-electron chi connectivity index (χ2n) is 6.59. The topological polar surface area (TPSA) is 55.4 Å². The molecule has 1 aromatic heterocycles. The van der Waals surface area contributed by atoms with Crippen molar-refractivity contribution in [1.29, 1.82) is 0 Å². The van der Waals surface area contributed by atoms with Crippen LogP contribution in [0.2, 0.25) is 0 Å². The molecular weight excluding hydrogens is 402 g/mol. The summed E-state index contributed by atoms with van der Waals surface area (Å²) in [6.45, 7) is 6.26. The number of carbonyl (C=O) groups excluding carboxylic acids is 2. The van der Waals surface area contributed by atoms with Crippen LogP contribution in [0.15, 0.2) is 65.6 Å². The molecule has 0 aliphatic rings. The number of nitrogens with one attached hydrogen (secondary N) is 1. The van der Waals surface area contributed by atoms with Gasteiger partial charge in [0.1, 0.15) is 4.88 Å². The van der Waals surface area contributed by atoms with Crippen molar-refractivity contribution in [2.75, 3.05) is 11.9 Å². The van der Waals surface area contributed by atoms with E-state index in [0.29, 0.717) is 21.4 Å². The summed E-state index contributed by atoms with van der Waals surface area (Å²) in [7, 11) is 0. The van der Waals surface area contributed by atoms with Crippen LogP contribution in [0, 0.1) is 0 Å². The van der Waals surface area contributed by atoms with Gasteiger partial charge in [-0.15, -0.1) is 23.1 Å². The monoisotopic (exact) mass is 425 g/mol. The number of thioether (sulfide) groups is 1. The number of hydrogen-bond donors (Lipinski definition) is 1. The van der Waals surface area contributed by atoms with Crippen molar-refractivity contribution in [2.24, 2.45) is 0 Å². The van der Waals surface area contributed by atoms with Gasteiger partial charge in [-0.1, -0.05) is 50.2 Å². The molecule has 1 heterocycles. The first-order valence-corrected chi connectivity index (χ1v) is 11.1. The smallest absolute Gasteiger partial charge is 0.350 e. The molecule has 0 saturated heterocycles. The standard InChI is InChI=1S/C23H23NO3S2/c1-4-27-23(26)21-19(14-20(29-21)16-9-6-5-7-10-16)24-22(25)17-11-8-12-18(13-17)28-15(2)3/h5-15H,4H2,1-3H3,(H,24,25). The summed E-state index contributed by atoms with van der Waals surface area (Å²) in [5.41, 5.74) is 2.01. The number of rotatable bonds is 7. The molecule has 4 nitrogen and oxygen atoms in total. The van der Waals surface area contributed by atoms with Gasteiger partial charge < -0.3 is 10.1 Å². The summed E-state index contributed by atoms with van der Waals surface area (Å²) in [5, 5.41) is 3.32. The fourth-order valence-corrected chi connectivity index (χ4v) is 4.66. The van der Waals surface area contributed by atoms with Crippen LogP contribution in [0.4, 0.5) is 5.69 Å². The molecule has 3 aromatic rings. The first-order chi connectivity index (χ1) is 14.0. The summed E-state index contributed by atoms with van der Waals surface area (Å²) in [6.07, 6.45) is 0. The summed E-state index contributed by atoms with van der Waals surface area (Å²) < 4.78 is 5.18. The van der Waals surface area contributed by atoms with E-state index in [0.717, 1.165) is 15.3 Å². The molecule has 150 valence electrons. The number of esters is 1. The third-order valence-corrected chi connectivity index (χ3v) is 6.13. The van der Waals surface area contributed by atoms with E-state index in [2.05, 4.69) is 19.2 Å². The molecule has 0 saturated carbocycles. The highest BCUT2D eigenvalue weighted by atomic mass is 32.2. The first-order valence-electron chi connectivity index (χ1n) is 9.42. The van der Waals surface area contributed by atoms with Crippen LogP contribution in [0.3, 0.4) is 0 Å². The lowest BCUT2D eigenvalue weighted by molar-refractivity contribution is 0.0533. The Hall–Kier alpha value is -2.57. The van der Waals surface area contributed by atoms with Crippen LogP contribution >= 0.6 is 23.1 Å². The van der Waals surface area contributed by atoms with Crippen molar-refractivity contribution < 1.29 is 14.3 Å². The van der Waals surface area contributed by atoms with E-state index in [9.17, 15) is 9.59 Å². The predicted molar refractivity (Wildman–Crippen MR) is 121 cm³/mol. The Balaban J connectivity index is 1.90. The molecule has 0 spiro atoms. The fourth-order valence-electron chi connectivity index (χ4n) is 2.75. The predicted octanol–water partition coefficient (Wildman–Crippen LogP) is 6.34. The maximum atomic E-state index is 12.9. The second-order valence-corrected chi connectivity index (χ2v) is 9.29. The van der Waals surface area contributed by atoms with Crippen LogP contribution in [0.25, 0.3) is 10.4 Å². The van der Waals surface area contributed by atoms with Gasteiger partial charge >= 0.3 is 5.97 Å². The lowest BCUT2D eigenvalue weighted by Crippen LogP contribution is -2.14. The Morgan fingerprint density at radius 3 is 2.52 bits per heavy atom. The van der Waals surface area contributed by atoms with Gasteiger partial charge in [-0.25, -0.2) is 4.79 Å². The third kappa shape index (κ3) is 5.49. The molecule has 0 aliphatic carbocycles. The van der Waals surface area contributed by atoms with Crippen molar-refractivity contribution in [3.05, 3.63) is 71.1 Å². The minimum Gasteiger partial charge on any atom is -0.462 e. The maximum Gasteiger partial charge on any atom is 0.350 e. The molecule has 0 atom stereocenters. The van der Waals surface area contributed by atoms with Crippen LogP contribution in [-0.4, -0.2) is 23.7 Å². The maximum absolute atomic E-state index is 12.9. The average Bonchev–Trinajstić information content (AvgIpc) is 3.12. The Kier molecular flexibility index (Phi) is 7.12. The van der Waals surface area contributed by atoms with E-state index in [1.54, 1.807) is 24.8 Å². The fraction of sp³-hybridized carbons (Fsp3) is 0.217. The second kappa shape index (κ2) is 9.76. The van der Waals surface area contributed by atoms with E-state index in [4.69, 9.17) is 4.74 Å². The first kappa shape index (κ1) is 21.1. The quantitative estimate of drug-likeness (QED) is 0.354.